The van der Waals surface area contributed by atoms with Crippen LogP contribution in [0.15, 0.2) is 0 Å². The Morgan fingerprint density at radius 1 is 1.45 bits per heavy atom. The number of hydrogen-bond acceptors (Lipinski definition) is 3. The van der Waals surface area contributed by atoms with Gasteiger partial charge in [0, 0.05) is 12.2 Å². The fourth-order valence-electron chi connectivity index (χ4n) is 2.69. The molecule has 6 nitrogen and oxygen atoms in total. The number of rotatable bonds is 3. The molecule has 6 heteroatoms. The van der Waals surface area contributed by atoms with Gasteiger partial charge in [0.2, 0.25) is 0 Å². The van der Waals surface area contributed by atoms with Crippen molar-refractivity contribution in [3.8, 4) is 0 Å². The second kappa shape index (κ2) is 5.66. The van der Waals surface area contributed by atoms with Gasteiger partial charge >= 0.3 is 5.97 Å². The predicted octanol–water partition coefficient (Wildman–Crippen LogP) is 1.58. The lowest BCUT2D eigenvalue weighted by molar-refractivity contribution is -0.00286. The largest absolute Gasteiger partial charge is 0.477 e. The van der Waals surface area contributed by atoms with E-state index in [-0.39, 0.29) is 17.6 Å². The fraction of sp³-hybridized carbons (Fsp3) is 0.571. The Labute approximate surface area is 117 Å². The summed E-state index contributed by atoms with van der Waals surface area (Å²) in [4.78, 5) is 28.4. The molecule has 2 rings (SSSR count). The van der Waals surface area contributed by atoms with E-state index in [4.69, 9.17) is 9.84 Å². The van der Waals surface area contributed by atoms with Gasteiger partial charge in [-0.15, -0.1) is 0 Å². The highest BCUT2D eigenvalue weighted by atomic mass is 16.5. The molecule has 20 heavy (non-hydrogen) atoms. The third-order valence-corrected chi connectivity index (χ3v) is 3.82. The molecular weight excluding hydrogens is 260 g/mol. The quantitative estimate of drug-likeness (QED) is 0.880. The number of carboxylic acids is 1. The number of carbonyl (C=O) groups is 2. The minimum absolute atomic E-state index is 0.0539. The molecule has 0 aliphatic carbocycles. The highest BCUT2D eigenvalue weighted by Crippen LogP contribution is 2.22. The molecule has 1 atom stereocenters. The van der Waals surface area contributed by atoms with E-state index < -0.39 is 5.97 Å². The van der Waals surface area contributed by atoms with Crippen LogP contribution in [0.5, 0.6) is 0 Å². The van der Waals surface area contributed by atoms with E-state index in [0.29, 0.717) is 36.6 Å². The maximum atomic E-state index is 12.7. The molecular formula is C14H20N2O4. The predicted molar refractivity (Wildman–Crippen MR) is 73.2 cm³/mol. The number of nitrogens with one attached hydrogen (secondary N) is 1. The molecule has 1 fully saturated rings. The zero-order chi connectivity index (χ0) is 14.9. The summed E-state index contributed by atoms with van der Waals surface area (Å²) in [6.07, 6.45) is 0.819. The van der Waals surface area contributed by atoms with Gasteiger partial charge in [-0.1, -0.05) is 6.92 Å². The van der Waals surface area contributed by atoms with E-state index in [2.05, 4.69) is 4.98 Å². The summed E-state index contributed by atoms with van der Waals surface area (Å²) in [6.45, 7) is 7.02. The van der Waals surface area contributed by atoms with Crippen LogP contribution in [0.1, 0.15) is 45.4 Å². The molecule has 0 bridgehead atoms. The van der Waals surface area contributed by atoms with Crippen LogP contribution in [0.25, 0.3) is 0 Å². The molecule has 2 heterocycles. The smallest absolute Gasteiger partial charge is 0.352 e. The molecule has 1 aliphatic rings. The van der Waals surface area contributed by atoms with Gasteiger partial charge in [0.15, 0.2) is 0 Å². The molecule has 110 valence electrons. The number of nitrogens with zero attached hydrogens (tertiary/aromatic N) is 1. The van der Waals surface area contributed by atoms with E-state index in [0.717, 1.165) is 6.42 Å². The number of carbonyl (C=O) groups excluding carboxylic acids is 1. The van der Waals surface area contributed by atoms with Crippen LogP contribution in [-0.4, -0.2) is 52.7 Å². The maximum absolute atomic E-state index is 12.7. The van der Waals surface area contributed by atoms with Crippen molar-refractivity contribution < 1.29 is 19.4 Å². The zero-order valence-corrected chi connectivity index (χ0v) is 12.0. The number of aromatic nitrogens is 1. The number of ether oxygens (including phenoxy) is 1. The second-order valence-corrected chi connectivity index (χ2v) is 5.07. The molecule has 2 N–H and O–H groups in total. The first kappa shape index (κ1) is 14.6. The summed E-state index contributed by atoms with van der Waals surface area (Å²) in [5.41, 5.74) is 1.67. The van der Waals surface area contributed by atoms with Gasteiger partial charge in [0.05, 0.1) is 24.8 Å². The zero-order valence-electron chi connectivity index (χ0n) is 12.0. The van der Waals surface area contributed by atoms with Crippen LogP contribution in [-0.2, 0) is 4.74 Å². The number of aromatic carboxylic acids is 1. The molecule has 1 amide bonds. The van der Waals surface area contributed by atoms with E-state index in [9.17, 15) is 9.59 Å². The number of morpholine rings is 1. The van der Waals surface area contributed by atoms with Crippen LogP contribution < -0.4 is 0 Å². The molecule has 0 saturated carbocycles. The van der Waals surface area contributed by atoms with Crippen molar-refractivity contribution in [2.24, 2.45) is 0 Å². The Morgan fingerprint density at radius 2 is 2.15 bits per heavy atom. The van der Waals surface area contributed by atoms with E-state index in [1.807, 2.05) is 6.92 Å². The standard InChI is InChI=1S/C14H20N2O4/c1-4-10-7-20-6-5-16(10)13(17)11-8(2)12(14(18)19)15-9(11)3/h10,15H,4-7H2,1-3H3,(H,18,19). The molecule has 1 aliphatic heterocycles. The SMILES string of the molecule is CCC1COCCN1C(=O)c1c(C)[nH]c(C(=O)O)c1C. The molecule has 0 spiro atoms. The molecule has 1 aromatic heterocycles. The fourth-order valence-corrected chi connectivity index (χ4v) is 2.69. The lowest BCUT2D eigenvalue weighted by Crippen LogP contribution is -2.48. The topological polar surface area (TPSA) is 82.6 Å². The summed E-state index contributed by atoms with van der Waals surface area (Å²) >= 11 is 0. The lowest BCUT2D eigenvalue weighted by atomic mass is 10.1. The lowest BCUT2D eigenvalue weighted by Gasteiger charge is -2.35. The Morgan fingerprint density at radius 3 is 2.70 bits per heavy atom. The molecule has 0 radical (unpaired) electrons. The summed E-state index contributed by atoms with van der Waals surface area (Å²) in [6, 6.07) is 0.0539. The van der Waals surface area contributed by atoms with Crippen LogP contribution >= 0.6 is 0 Å². The van der Waals surface area contributed by atoms with Crippen LogP contribution in [0.3, 0.4) is 0 Å². The van der Waals surface area contributed by atoms with Gasteiger partial charge in [-0.05, 0) is 25.8 Å². The van der Waals surface area contributed by atoms with Gasteiger partial charge in [-0.3, -0.25) is 4.79 Å². The van der Waals surface area contributed by atoms with Crippen molar-refractivity contribution in [3.63, 3.8) is 0 Å². The molecule has 1 aromatic rings. The minimum atomic E-state index is -1.04. The average molecular weight is 280 g/mol. The van der Waals surface area contributed by atoms with Gasteiger partial charge in [-0.25, -0.2) is 4.79 Å². The summed E-state index contributed by atoms with van der Waals surface area (Å²) in [7, 11) is 0. The van der Waals surface area contributed by atoms with Gasteiger partial charge in [0.1, 0.15) is 5.69 Å². The summed E-state index contributed by atoms with van der Waals surface area (Å²) in [5.74, 6) is -1.16. The molecule has 1 saturated heterocycles. The average Bonchev–Trinajstić information content (AvgIpc) is 2.73. The van der Waals surface area contributed by atoms with Gasteiger partial charge < -0.3 is 19.7 Å². The van der Waals surface area contributed by atoms with Crippen LogP contribution in [0.2, 0.25) is 0 Å². The first-order valence-electron chi connectivity index (χ1n) is 6.78. The summed E-state index contributed by atoms with van der Waals surface area (Å²) < 4.78 is 5.40. The van der Waals surface area contributed by atoms with Crippen molar-refractivity contribution in [3.05, 3.63) is 22.5 Å². The van der Waals surface area contributed by atoms with Crippen LogP contribution in [0.4, 0.5) is 0 Å². The maximum Gasteiger partial charge on any atom is 0.352 e. The summed E-state index contributed by atoms with van der Waals surface area (Å²) in [5, 5.41) is 9.12. The Bertz CT molecular complexity index is 536. The number of aryl methyl sites for hydroxylation is 1. The third-order valence-electron chi connectivity index (χ3n) is 3.82. The Kier molecular flexibility index (Phi) is 4.13. The number of amides is 1. The minimum Gasteiger partial charge on any atom is -0.477 e. The highest BCUT2D eigenvalue weighted by molar-refractivity contribution is 6.01. The van der Waals surface area contributed by atoms with Gasteiger partial charge in [0.25, 0.3) is 5.91 Å². The van der Waals surface area contributed by atoms with Crippen molar-refractivity contribution in [2.75, 3.05) is 19.8 Å². The number of hydrogen-bond donors (Lipinski definition) is 2. The Hall–Kier alpha value is -1.82. The van der Waals surface area contributed by atoms with E-state index in [1.54, 1.807) is 18.7 Å². The van der Waals surface area contributed by atoms with Crippen molar-refractivity contribution in [1.82, 2.24) is 9.88 Å². The number of carboxylic acid groups (broad SMARTS) is 1. The van der Waals surface area contributed by atoms with E-state index in [1.165, 1.54) is 0 Å². The first-order chi connectivity index (χ1) is 9.47. The molecule has 0 aromatic carbocycles. The van der Waals surface area contributed by atoms with Gasteiger partial charge in [-0.2, -0.15) is 0 Å². The first-order valence-corrected chi connectivity index (χ1v) is 6.78. The van der Waals surface area contributed by atoms with Crippen molar-refractivity contribution in [2.45, 2.75) is 33.2 Å². The van der Waals surface area contributed by atoms with E-state index >= 15 is 0 Å². The Balaban J connectivity index is 2.35. The second-order valence-electron chi connectivity index (χ2n) is 5.07. The third kappa shape index (κ3) is 2.43. The normalized spacial score (nSPS) is 19.1. The van der Waals surface area contributed by atoms with Crippen molar-refractivity contribution >= 4 is 11.9 Å². The van der Waals surface area contributed by atoms with Crippen LogP contribution in [0, 0.1) is 13.8 Å². The number of aromatic amines is 1. The molecule has 1 unspecified atom stereocenters. The number of H-pyrrole nitrogens is 1. The highest BCUT2D eigenvalue weighted by Gasteiger charge is 2.30. The monoisotopic (exact) mass is 280 g/mol. The van der Waals surface area contributed by atoms with Crippen molar-refractivity contribution in [1.29, 1.82) is 0 Å².